The molecule has 2 aromatic rings. The fraction of sp³-hybridized carbons (Fsp3) is 0.550. The van der Waals surface area contributed by atoms with E-state index in [1.807, 2.05) is 18.2 Å². The molecular formula is C20H28BrN5O. The maximum absolute atomic E-state index is 5.42. The Morgan fingerprint density at radius 3 is 2.37 bits per heavy atom. The van der Waals surface area contributed by atoms with Gasteiger partial charge < -0.3 is 15.0 Å². The van der Waals surface area contributed by atoms with Crippen LogP contribution in [0.4, 0.5) is 5.82 Å². The van der Waals surface area contributed by atoms with Crippen molar-refractivity contribution in [3.8, 4) is 17.1 Å². The third kappa shape index (κ3) is 4.58. The number of aromatic nitrogens is 3. The molecule has 3 heterocycles. The number of hydrogen-bond donors (Lipinski definition) is 1. The number of piperidine rings is 1. The quantitative estimate of drug-likeness (QED) is 0.784. The standard InChI is InChI=1S/C20H28BrN5O/c1-19(2)10-14(11-20(3,4)25-19)26(5)17-8-7-15(23-24-17)18-16(27-6)9-13(21)12-22-18/h7-9,12,14,25H,10-11H2,1-6H3. The molecule has 1 saturated heterocycles. The number of halogens is 1. The van der Waals surface area contributed by atoms with E-state index in [1.165, 1.54) is 0 Å². The first-order chi connectivity index (χ1) is 12.6. The molecule has 1 aliphatic rings. The molecule has 7 heteroatoms. The summed E-state index contributed by atoms with van der Waals surface area (Å²) in [5, 5.41) is 12.6. The predicted molar refractivity (Wildman–Crippen MR) is 112 cm³/mol. The SMILES string of the molecule is COc1cc(Br)cnc1-c1ccc(N(C)C2CC(C)(C)NC(C)(C)C2)nn1. The Morgan fingerprint density at radius 2 is 1.81 bits per heavy atom. The first kappa shape index (κ1) is 20.0. The van der Waals surface area contributed by atoms with Gasteiger partial charge in [0, 0.05) is 34.8 Å². The van der Waals surface area contributed by atoms with Crippen LogP contribution >= 0.6 is 15.9 Å². The third-order valence-corrected chi connectivity index (χ3v) is 5.44. The lowest BCUT2D eigenvalue weighted by molar-refractivity contribution is 0.160. The number of nitrogens with one attached hydrogen (secondary N) is 1. The highest BCUT2D eigenvalue weighted by atomic mass is 79.9. The Kier molecular flexibility index (Phi) is 5.45. The van der Waals surface area contributed by atoms with Gasteiger partial charge in [-0.25, -0.2) is 4.98 Å². The number of pyridine rings is 1. The van der Waals surface area contributed by atoms with E-state index in [1.54, 1.807) is 13.3 Å². The van der Waals surface area contributed by atoms with E-state index in [2.05, 4.69) is 76.1 Å². The Labute approximate surface area is 169 Å². The molecule has 1 aliphatic heterocycles. The number of hydrogen-bond acceptors (Lipinski definition) is 6. The molecule has 0 bridgehead atoms. The lowest BCUT2D eigenvalue weighted by Gasteiger charge is -2.49. The van der Waals surface area contributed by atoms with Crippen molar-refractivity contribution in [2.24, 2.45) is 0 Å². The van der Waals surface area contributed by atoms with Gasteiger partial charge in [0.05, 0.1) is 7.11 Å². The molecular weight excluding hydrogens is 406 g/mol. The summed E-state index contributed by atoms with van der Waals surface area (Å²) in [5.74, 6) is 1.54. The van der Waals surface area contributed by atoms with Crippen molar-refractivity contribution in [1.29, 1.82) is 0 Å². The van der Waals surface area contributed by atoms with Crippen molar-refractivity contribution < 1.29 is 4.74 Å². The van der Waals surface area contributed by atoms with Crippen LogP contribution < -0.4 is 15.0 Å². The van der Waals surface area contributed by atoms with Crippen LogP contribution in [0.2, 0.25) is 0 Å². The summed E-state index contributed by atoms with van der Waals surface area (Å²) in [6.45, 7) is 9.04. The van der Waals surface area contributed by atoms with E-state index in [4.69, 9.17) is 4.74 Å². The highest BCUT2D eigenvalue weighted by molar-refractivity contribution is 9.10. The predicted octanol–water partition coefficient (Wildman–Crippen LogP) is 4.06. The second kappa shape index (κ2) is 7.36. The van der Waals surface area contributed by atoms with Gasteiger partial charge in [0.25, 0.3) is 0 Å². The van der Waals surface area contributed by atoms with Gasteiger partial charge >= 0.3 is 0 Å². The average Bonchev–Trinajstić information content (AvgIpc) is 2.58. The molecule has 0 spiro atoms. The largest absolute Gasteiger partial charge is 0.494 e. The van der Waals surface area contributed by atoms with E-state index in [0.717, 1.165) is 23.1 Å². The van der Waals surface area contributed by atoms with Crippen LogP contribution in [0.5, 0.6) is 5.75 Å². The van der Waals surface area contributed by atoms with Crippen molar-refractivity contribution in [3.05, 3.63) is 28.9 Å². The van der Waals surface area contributed by atoms with Gasteiger partial charge in [0.2, 0.25) is 0 Å². The third-order valence-electron chi connectivity index (χ3n) is 5.01. The molecule has 1 N–H and O–H groups in total. The van der Waals surface area contributed by atoms with Crippen molar-refractivity contribution >= 4 is 21.7 Å². The molecule has 0 aromatic carbocycles. The first-order valence-corrected chi connectivity index (χ1v) is 9.95. The number of methoxy groups -OCH3 is 1. The average molecular weight is 434 g/mol. The zero-order valence-corrected chi connectivity index (χ0v) is 18.5. The number of nitrogens with zero attached hydrogens (tertiary/aromatic N) is 4. The number of anilines is 1. The molecule has 0 radical (unpaired) electrons. The number of ether oxygens (including phenoxy) is 1. The minimum atomic E-state index is 0.0861. The second-order valence-electron chi connectivity index (χ2n) is 8.55. The summed E-state index contributed by atoms with van der Waals surface area (Å²) >= 11 is 3.41. The van der Waals surface area contributed by atoms with Gasteiger partial charge in [-0.3, -0.25) is 0 Å². The van der Waals surface area contributed by atoms with Crippen LogP contribution in [-0.2, 0) is 0 Å². The van der Waals surface area contributed by atoms with Crippen LogP contribution in [-0.4, -0.2) is 46.5 Å². The topological polar surface area (TPSA) is 63.2 Å². The van der Waals surface area contributed by atoms with E-state index in [-0.39, 0.29) is 11.1 Å². The monoisotopic (exact) mass is 433 g/mol. The molecule has 27 heavy (non-hydrogen) atoms. The summed E-state index contributed by atoms with van der Waals surface area (Å²) in [5.41, 5.74) is 1.56. The van der Waals surface area contributed by atoms with Crippen molar-refractivity contribution in [2.45, 2.75) is 57.7 Å². The Morgan fingerprint density at radius 1 is 1.15 bits per heavy atom. The Bertz CT molecular complexity index is 791. The van der Waals surface area contributed by atoms with Crippen molar-refractivity contribution in [1.82, 2.24) is 20.5 Å². The normalized spacial score (nSPS) is 18.9. The van der Waals surface area contributed by atoms with Gasteiger partial charge in [0.1, 0.15) is 17.1 Å². The summed E-state index contributed by atoms with van der Waals surface area (Å²) in [6, 6.07) is 6.24. The van der Waals surface area contributed by atoms with Crippen LogP contribution in [0.1, 0.15) is 40.5 Å². The molecule has 146 valence electrons. The van der Waals surface area contributed by atoms with Gasteiger partial charge in [-0.15, -0.1) is 10.2 Å². The zero-order chi connectivity index (χ0) is 19.8. The minimum Gasteiger partial charge on any atom is -0.494 e. The fourth-order valence-corrected chi connectivity index (χ4v) is 4.45. The molecule has 2 aromatic heterocycles. The van der Waals surface area contributed by atoms with Gasteiger partial charge in [-0.05, 0) is 74.7 Å². The number of rotatable bonds is 4. The second-order valence-corrected chi connectivity index (χ2v) is 9.46. The molecule has 1 fully saturated rings. The summed E-state index contributed by atoms with van der Waals surface area (Å²) in [7, 11) is 3.73. The van der Waals surface area contributed by atoms with Crippen LogP contribution in [0.15, 0.2) is 28.9 Å². The molecule has 0 aliphatic carbocycles. The summed E-state index contributed by atoms with van der Waals surface area (Å²) in [6.07, 6.45) is 3.84. The molecule has 0 saturated carbocycles. The van der Waals surface area contributed by atoms with E-state index < -0.39 is 0 Å². The van der Waals surface area contributed by atoms with E-state index in [0.29, 0.717) is 23.2 Å². The summed E-state index contributed by atoms with van der Waals surface area (Å²) in [4.78, 5) is 6.67. The van der Waals surface area contributed by atoms with Crippen LogP contribution in [0.25, 0.3) is 11.4 Å². The molecule has 0 atom stereocenters. The zero-order valence-electron chi connectivity index (χ0n) is 16.9. The van der Waals surface area contributed by atoms with Gasteiger partial charge in [0.15, 0.2) is 5.82 Å². The van der Waals surface area contributed by atoms with E-state index >= 15 is 0 Å². The van der Waals surface area contributed by atoms with Gasteiger partial charge in [-0.1, -0.05) is 0 Å². The maximum Gasteiger partial charge on any atom is 0.151 e. The van der Waals surface area contributed by atoms with Crippen LogP contribution in [0.3, 0.4) is 0 Å². The van der Waals surface area contributed by atoms with Crippen molar-refractivity contribution in [3.63, 3.8) is 0 Å². The molecule has 0 unspecified atom stereocenters. The first-order valence-electron chi connectivity index (χ1n) is 9.16. The Balaban J connectivity index is 1.83. The highest BCUT2D eigenvalue weighted by Gasteiger charge is 2.39. The Hall–Kier alpha value is -1.73. The minimum absolute atomic E-state index is 0.0861. The maximum atomic E-state index is 5.42. The fourth-order valence-electron chi connectivity index (χ4n) is 4.14. The summed E-state index contributed by atoms with van der Waals surface area (Å²) < 4.78 is 6.29. The molecule has 0 amide bonds. The lowest BCUT2D eigenvalue weighted by Crippen LogP contribution is -2.62. The van der Waals surface area contributed by atoms with Gasteiger partial charge in [-0.2, -0.15) is 0 Å². The molecule has 6 nitrogen and oxygen atoms in total. The lowest BCUT2D eigenvalue weighted by atomic mass is 9.79. The smallest absolute Gasteiger partial charge is 0.151 e. The van der Waals surface area contributed by atoms with Crippen LogP contribution in [0, 0.1) is 0 Å². The van der Waals surface area contributed by atoms with Crippen molar-refractivity contribution in [2.75, 3.05) is 19.1 Å². The molecule has 3 rings (SSSR count). The van der Waals surface area contributed by atoms with E-state index in [9.17, 15) is 0 Å². The highest BCUT2D eigenvalue weighted by Crippen LogP contribution is 2.33.